The average Bonchev–Trinajstić information content (AvgIpc) is 2.76. The summed E-state index contributed by atoms with van der Waals surface area (Å²) < 4.78 is 5.80. The van der Waals surface area contributed by atoms with Crippen molar-refractivity contribution in [1.82, 2.24) is 4.90 Å². The van der Waals surface area contributed by atoms with Crippen molar-refractivity contribution in [3.8, 4) is 5.75 Å². The summed E-state index contributed by atoms with van der Waals surface area (Å²) in [6.45, 7) is 6.38. The largest absolute Gasteiger partial charge is 0.489 e. The van der Waals surface area contributed by atoms with E-state index in [0.717, 1.165) is 6.42 Å². The van der Waals surface area contributed by atoms with E-state index in [1.54, 1.807) is 36.4 Å². The number of benzene rings is 2. The number of thiocarbonyl (C=S) groups is 1. The molecular weight excluding hydrogens is 432 g/mol. The SMILES string of the molecule is CCCN1C(=O)/C(=C\c2ccc(O[C@@H](C)CC)c(Cl)c2)C(=O)N(c2ccccc2)C1=S. The molecule has 0 N–H and O–H groups in total. The molecule has 0 aromatic heterocycles. The second kappa shape index (κ2) is 10.1. The number of halogens is 1. The van der Waals surface area contributed by atoms with E-state index in [0.29, 0.717) is 35.0 Å². The standard InChI is InChI=1S/C24H25ClN2O3S/c1-4-13-26-22(28)19(23(29)27(24(26)31)18-9-7-6-8-10-18)14-17-11-12-21(20(25)15-17)30-16(3)5-2/h6-12,14-16H,4-5,13H2,1-3H3/b19-14+/t16-/m0/s1. The van der Waals surface area contributed by atoms with E-state index in [2.05, 4.69) is 0 Å². The summed E-state index contributed by atoms with van der Waals surface area (Å²) in [5.41, 5.74) is 1.29. The molecule has 2 aromatic carbocycles. The number of rotatable bonds is 7. The van der Waals surface area contributed by atoms with Crippen molar-refractivity contribution in [3.05, 3.63) is 64.7 Å². The molecule has 1 heterocycles. The molecular formula is C24H25ClN2O3S. The van der Waals surface area contributed by atoms with Gasteiger partial charge < -0.3 is 4.74 Å². The smallest absolute Gasteiger partial charge is 0.270 e. The lowest BCUT2D eigenvalue weighted by Gasteiger charge is -2.36. The van der Waals surface area contributed by atoms with Crippen molar-refractivity contribution in [2.24, 2.45) is 0 Å². The lowest BCUT2D eigenvalue weighted by Crippen LogP contribution is -2.56. The molecule has 2 amide bonds. The highest BCUT2D eigenvalue weighted by molar-refractivity contribution is 7.80. The van der Waals surface area contributed by atoms with Gasteiger partial charge in [0.2, 0.25) is 0 Å². The normalized spacial score (nSPS) is 16.8. The van der Waals surface area contributed by atoms with Crippen molar-refractivity contribution < 1.29 is 14.3 Å². The quantitative estimate of drug-likeness (QED) is 0.315. The summed E-state index contributed by atoms with van der Waals surface area (Å²) in [4.78, 5) is 29.3. The maximum absolute atomic E-state index is 13.3. The van der Waals surface area contributed by atoms with Crippen LogP contribution in [0.1, 0.15) is 39.2 Å². The van der Waals surface area contributed by atoms with E-state index in [1.165, 1.54) is 9.80 Å². The summed E-state index contributed by atoms with van der Waals surface area (Å²) in [7, 11) is 0. The Labute approximate surface area is 193 Å². The van der Waals surface area contributed by atoms with Crippen LogP contribution >= 0.6 is 23.8 Å². The summed E-state index contributed by atoms with van der Waals surface area (Å²) in [6, 6.07) is 14.3. The van der Waals surface area contributed by atoms with Gasteiger partial charge in [-0.3, -0.25) is 19.4 Å². The number of amides is 2. The molecule has 31 heavy (non-hydrogen) atoms. The molecule has 7 heteroatoms. The Balaban J connectivity index is 2.00. The minimum atomic E-state index is -0.454. The second-order valence-electron chi connectivity index (χ2n) is 7.30. The van der Waals surface area contributed by atoms with Crippen LogP contribution in [0.2, 0.25) is 5.02 Å². The summed E-state index contributed by atoms with van der Waals surface area (Å²) >= 11 is 11.9. The molecule has 0 unspecified atom stereocenters. The van der Waals surface area contributed by atoms with E-state index < -0.39 is 11.8 Å². The Bertz CT molecular complexity index is 1020. The third-order valence-corrected chi connectivity index (χ3v) is 5.66. The van der Waals surface area contributed by atoms with Crippen molar-refractivity contribution in [3.63, 3.8) is 0 Å². The fourth-order valence-electron chi connectivity index (χ4n) is 3.17. The van der Waals surface area contributed by atoms with E-state index in [4.69, 9.17) is 28.6 Å². The third-order valence-electron chi connectivity index (χ3n) is 4.96. The first-order valence-electron chi connectivity index (χ1n) is 10.3. The van der Waals surface area contributed by atoms with Gasteiger partial charge in [-0.25, -0.2) is 0 Å². The Morgan fingerprint density at radius 3 is 2.42 bits per heavy atom. The zero-order valence-electron chi connectivity index (χ0n) is 17.8. The van der Waals surface area contributed by atoms with Gasteiger partial charge in [0.1, 0.15) is 11.3 Å². The van der Waals surface area contributed by atoms with Crippen LogP contribution in [-0.2, 0) is 9.59 Å². The monoisotopic (exact) mass is 456 g/mol. The Morgan fingerprint density at radius 2 is 1.81 bits per heavy atom. The number of carbonyl (C=O) groups is 2. The highest BCUT2D eigenvalue weighted by atomic mass is 35.5. The third kappa shape index (κ3) is 4.97. The van der Waals surface area contributed by atoms with Gasteiger partial charge >= 0.3 is 0 Å². The van der Waals surface area contributed by atoms with Crippen LogP contribution in [0.25, 0.3) is 6.08 Å². The predicted octanol–water partition coefficient (Wildman–Crippen LogP) is 5.47. The van der Waals surface area contributed by atoms with E-state index in [-0.39, 0.29) is 16.8 Å². The predicted molar refractivity (Wildman–Crippen MR) is 128 cm³/mol. The fraction of sp³-hybridized carbons (Fsp3) is 0.292. The van der Waals surface area contributed by atoms with Crippen LogP contribution in [0, 0.1) is 0 Å². The van der Waals surface area contributed by atoms with Gasteiger partial charge in [0.05, 0.1) is 16.8 Å². The first-order chi connectivity index (χ1) is 14.9. The van der Waals surface area contributed by atoms with Gasteiger partial charge in [0, 0.05) is 6.54 Å². The molecule has 1 atom stereocenters. The molecule has 0 aliphatic carbocycles. The highest BCUT2D eigenvalue weighted by Crippen LogP contribution is 2.30. The van der Waals surface area contributed by atoms with Gasteiger partial charge in [0.15, 0.2) is 5.11 Å². The molecule has 1 saturated heterocycles. The van der Waals surface area contributed by atoms with E-state index >= 15 is 0 Å². The number of nitrogens with zero attached hydrogens (tertiary/aromatic N) is 2. The van der Waals surface area contributed by atoms with Crippen LogP contribution in [0.15, 0.2) is 54.1 Å². The Morgan fingerprint density at radius 1 is 1.10 bits per heavy atom. The summed E-state index contributed by atoms with van der Waals surface area (Å²) in [5.74, 6) is -0.288. The summed E-state index contributed by atoms with van der Waals surface area (Å²) in [5, 5.41) is 0.613. The maximum atomic E-state index is 13.3. The fourth-order valence-corrected chi connectivity index (χ4v) is 3.77. The lowest BCUT2D eigenvalue weighted by molar-refractivity contribution is -0.127. The zero-order valence-corrected chi connectivity index (χ0v) is 19.4. The second-order valence-corrected chi connectivity index (χ2v) is 8.07. The number of anilines is 1. The molecule has 1 fully saturated rings. The van der Waals surface area contributed by atoms with Crippen molar-refractivity contribution in [2.45, 2.75) is 39.7 Å². The molecule has 3 rings (SSSR count). The number of hydrogen-bond donors (Lipinski definition) is 0. The van der Waals surface area contributed by atoms with Crippen LogP contribution in [0.4, 0.5) is 5.69 Å². The topological polar surface area (TPSA) is 49.9 Å². The van der Waals surface area contributed by atoms with E-state index in [1.807, 2.05) is 39.0 Å². The van der Waals surface area contributed by atoms with Gasteiger partial charge in [0.25, 0.3) is 11.8 Å². The molecule has 162 valence electrons. The molecule has 5 nitrogen and oxygen atoms in total. The van der Waals surface area contributed by atoms with Crippen LogP contribution < -0.4 is 9.64 Å². The molecule has 0 radical (unpaired) electrons. The van der Waals surface area contributed by atoms with E-state index in [9.17, 15) is 9.59 Å². The van der Waals surface area contributed by atoms with Crippen LogP contribution in [-0.4, -0.2) is 34.5 Å². The van der Waals surface area contributed by atoms with Gasteiger partial charge in [-0.05, 0) is 67.9 Å². The Hall–Kier alpha value is -2.70. The number of ether oxygens (including phenoxy) is 1. The van der Waals surface area contributed by atoms with Crippen LogP contribution in [0.5, 0.6) is 5.75 Å². The summed E-state index contributed by atoms with van der Waals surface area (Å²) in [6.07, 6.45) is 3.16. The van der Waals surface area contributed by atoms with Crippen molar-refractivity contribution in [2.75, 3.05) is 11.4 Å². The lowest BCUT2D eigenvalue weighted by atomic mass is 10.1. The first kappa shape index (κ1) is 23.0. The average molecular weight is 457 g/mol. The van der Waals surface area contributed by atoms with Gasteiger partial charge in [-0.1, -0.05) is 49.7 Å². The number of carbonyl (C=O) groups excluding carboxylic acids is 2. The van der Waals surface area contributed by atoms with Crippen LogP contribution in [0.3, 0.4) is 0 Å². The highest BCUT2D eigenvalue weighted by Gasteiger charge is 2.39. The maximum Gasteiger partial charge on any atom is 0.270 e. The molecule has 1 aliphatic heterocycles. The van der Waals surface area contributed by atoms with Crippen molar-refractivity contribution in [1.29, 1.82) is 0 Å². The zero-order chi connectivity index (χ0) is 22.5. The number of para-hydroxylation sites is 1. The minimum Gasteiger partial charge on any atom is -0.489 e. The molecule has 0 saturated carbocycles. The molecule has 0 spiro atoms. The van der Waals surface area contributed by atoms with Gasteiger partial charge in [-0.2, -0.15) is 0 Å². The number of hydrogen-bond acceptors (Lipinski definition) is 4. The first-order valence-corrected chi connectivity index (χ1v) is 11.1. The Kier molecular flexibility index (Phi) is 7.46. The molecule has 1 aliphatic rings. The molecule has 2 aromatic rings. The molecule has 0 bridgehead atoms. The van der Waals surface area contributed by atoms with Crippen molar-refractivity contribution >= 4 is 52.5 Å². The minimum absolute atomic E-state index is 0.0336. The van der Waals surface area contributed by atoms with Gasteiger partial charge in [-0.15, -0.1) is 0 Å².